The number of ether oxygens (including phenoxy) is 1. The highest BCUT2D eigenvalue weighted by Crippen LogP contribution is 2.30. The third-order valence-electron chi connectivity index (χ3n) is 5.23. The SMILES string of the molecule is COc1ccc(-c2cn(C[C@@H]3CC(=O)N(C4CCCC4)C3)nn2)cn1. The summed E-state index contributed by atoms with van der Waals surface area (Å²) in [6.45, 7) is 1.58. The lowest BCUT2D eigenvalue weighted by Crippen LogP contribution is -2.34. The number of pyridine rings is 1. The monoisotopic (exact) mass is 341 g/mol. The molecule has 0 radical (unpaired) electrons. The summed E-state index contributed by atoms with van der Waals surface area (Å²) < 4.78 is 6.92. The molecule has 4 rings (SSSR count). The molecule has 1 saturated heterocycles. The zero-order valence-corrected chi connectivity index (χ0v) is 14.5. The first-order valence-corrected chi connectivity index (χ1v) is 8.93. The predicted molar refractivity (Wildman–Crippen MR) is 91.9 cm³/mol. The molecule has 7 nitrogen and oxygen atoms in total. The van der Waals surface area contributed by atoms with Gasteiger partial charge >= 0.3 is 0 Å². The average molecular weight is 341 g/mol. The summed E-state index contributed by atoms with van der Waals surface area (Å²) in [6.07, 6.45) is 9.10. The second-order valence-electron chi connectivity index (χ2n) is 6.97. The molecule has 132 valence electrons. The second kappa shape index (κ2) is 6.82. The normalized spacial score (nSPS) is 21.2. The van der Waals surface area contributed by atoms with Crippen LogP contribution in [0.15, 0.2) is 24.5 Å². The van der Waals surface area contributed by atoms with Crippen molar-refractivity contribution in [3.63, 3.8) is 0 Å². The molecule has 0 N–H and O–H groups in total. The fourth-order valence-corrected chi connectivity index (χ4v) is 3.94. The number of carbonyl (C=O) groups is 1. The van der Waals surface area contributed by atoms with E-state index in [1.165, 1.54) is 12.8 Å². The number of hydrogen-bond acceptors (Lipinski definition) is 5. The lowest BCUT2D eigenvalue weighted by atomic mass is 10.1. The molecule has 7 heteroatoms. The summed E-state index contributed by atoms with van der Waals surface area (Å²) in [7, 11) is 1.59. The van der Waals surface area contributed by atoms with Gasteiger partial charge in [-0.25, -0.2) is 4.98 Å². The van der Waals surface area contributed by atoms with Crippen LogP contribution in [0, 0.1) is 5.92 Å². The van der Waals surface area contributed by atoms with Crippen LogP contribution in [0.25, 0.3) is 11.3 Å². The van der Waals surface area contributed by atoms with E-state index in [1.807, 2.05) is 23.0 Å². The maximum absolute atomic E-state index is 12.3. The molecule has 2 aromatic rings. The first kappa shape index (κ1) is 16.1. The van der Waals surface area contributed by atoms with Gasteiger partial charge in [0.25, 0.3) is 0 Å². The van der Waals surface area contributed by atoms with Crippen molar-refractivity contribution >= 4 is 5.91 Å². The minimum atomic E-state index is 0.302. The van der Waals surface area contributed by atoms with Crippen molar-refractivity contribution in [3.05, 3.63) is 24.5 Å². The molecule has 2 aliphatic rings. The summed E-state index contributed by atoms with van der Waals surface area (Å²) in [4.78, 5) is 18.6. The van der Waals surface area contributed by atoms with E-state index >= 15 is 0 Å². The highest BCUT2D eigenvalue weighted by Gasteiger charge is 2.35. The van der Waals surface area contributed by atoms with E-state index in [2.05, 4.69) is 20.2 Å². The van der Waals surface area contributed by atoms with Crippen molar-refractivity contribution in [1.82, 2.24) is 24.9 Å². The highest BCUT2D eigenvalue weighted by atomic mass is 16.5. The van der Waals surface area contributed by atoms with Gasteiger partial charge in [0.2, 0.25) is 11.8 Å². The summed E-state index contributed by atoms with van der Waals surface area (Å²) in [6, 6.07) is 4.19. The van der Waals surface area contributed by atoms with Crippen LogP contribution in [0.3, 0.4) is 0 Å². The van der Waals surface area contributed by atoms with Crippen LogP contribution >= 0.6 is 0 Å². The maximum atomic E-state index is 12.3. The van der Waals surface area contributed by atoms with E-state index in [4.69, 9.17) is 4.74 Å². The van der Waals surface area contributed by atoms with Gasteiger partial charge in [0.1, 0.15) is 5.69 Å². The number of nitrogens with zero attached hydrogens (tertiary/aromatic N) is 5. The Balaban J connectivity index is 1.40. The van der Waals surface area contributed by atoms with Crippen LogP contribution in [0.1, 0.15) is 32.1 Å². The largest absolute Gasteiger partial charge is 0.481 e. The summed E-state index contributed by atoms with van der Waals surface area (Å²) in [5.41, 5.74) is 1.69. The molecule has 0 unspecified atom stereocenters. The molecule has 2 fully saturated rings. The van der Waals surface area contributed by atoms with Crippen molar-refractivity contribution in [1.29, 1.82) is 0 Å². The minimum absolute atomic E-state index is 0.302. The van der Waals surface area contributed by atoms with Gasteiger partial charge in [-0.15, -0.1) is 5.10 Å². The molecule has 1 aliphatic heterocycles. The number of likely N-dealkylation sites (tertiary alicyclic amines) is 1. The topological polar surface area (TPSA) is 73.1 Å². The Kier molecular flexibility index (Phi) is 4.38. The van der Waals surface area contributed by atoms with E-state index in [0.29, 0.717) is 30.2 Å². The van der Waals surface area contributed by atoms with Gasteiger partial charge in [-0.3, -0.25) is 9.48 Å². The summed E-state index contributed by atoms with van der Waals surface area (Å²) in [5, 5.41) is 8.46. The van der Waals surface area contributed by atoms with Gasteiger partial charge in [0.15, 0.2) is 0 Å². The molecule has 3 heterocycles. The van der Waals surface area contributed by atoms with E-state index in [9.17, 15) is 4.79 Å². The van der Waals surface area contributed by atoms with Crippen LogP contribution in [0.4, 0.5) is 0 Å². The van der Waals surface area contributed by atoms with E-state index in [1.54, 1.807) is 13.3 Å². The predicted octanol–water partition coefficient (Wildman–Crippen LogP) is 2.14. The van der Waals surface area contributed by atoms with Crippen molar-refractivity contribution in [2.24, 2.45) is 5.92 Å². The molecular weight excluding hydrogens is 318 g/mol. The summed E-state index contributed by atoms with van der Waals surface area (Å²) >= 11 is 0. The van der Waals surface area contributed by atoms with Crippen LogP contribution in [-0.2, 0) is 11.3 Å². The third-order valence-corrected chi connectivity index (χ3v) is 5.23. The lowest BCUT2D eigenvalue weighted by molar-refractivity contribution is -0.129. The fourth-order valence-electron chi connectivity index (χ4n) is 3.94. The highest BCUT2D eigenvalue weighted by molar-refractivity contribution is 5.79. The standard InChI is InChI=1S/C18H23N5O2/c1-25-17-7-6-14(9-19-17)16-12-22(21-20-16)10-13-8-18(24)23(11-13)15-4-2-3-5-15/h6-7,9,12-13,15H,2-5,8,10-11H2,1H3/t13-/m0/s1. The quantitative estimate of drug-likeness (QED) is 0.833. The molecule has 1 amide bonds. The van der Waals surface area contributed by atoms with Gasteiger partial charge in [0, 0.05) is 49.3 Å². The molecule has 1 atom stereocenters. The Labute approximate surface area is 147 Å². The number of hydrogen-bond donors (Lipinski definition) is 0. The minimum Gasteiger partial charge on any atom is -0.481 e. The van der Waals surface area contributed by atoms with Gasteiger partial charge in [-0.05, 0) is 18.9 Å². The number of carbonyl (C=O) groups excluding carboxylic acids is 1. The molecule has 1 aliphatic carbocycles. The van der Waals surface area contributed by atoms with Crippen molar-refractivity contribution in [2.45, 2.75) is 44.7 Å². The van der Waals surface area contributed by atoms with Crippen molar-refractivity contribution in [3.8, 4) is 17.1 Å². The molecule has 25 heavy (non-hydrogen) atoms. The Morgan fingerprint density at radius 1 is 1.28 bits per heavy atom. The van der Waals surface area contributed by atoms with Gasteiger partial charge in [0.05, 0.1) is 13.3 Å². The number of methoxy groups -OCH3 is 1. The Bertz CT molecular complexity index is 736. The average Bonchev–Trinajstić information content (AvgIpc) is 3.36. The van der Waals surface area contributed by atoms with Gasteiger partial charge in [-0.2, -0.15) is 0 Å². The fraction of sp³-hybridized carbons (Fsp3) is 0.556. The van der Waals surface area contributed by atoms with Crippen LogP contribution in [0.2, 0.25) is 0 Å². The molecule has 1 saturated carbocycles. The molecular formula is C18H23N5O2. The number of rotatable bonds is 5. The van der Waals surface area contributed by atoms with Crippen LogP contribution < -0.4 is 4.74 Å². The van der Waals surface area contributed by atoms with Crippen LogP contribution in [0.5, 0.6) is 5.88 Å². The van der Waals surface area contributed by atoms with E-state index in [0.717, 1.165) is 37.2 Å². The van der Waals surface area contributed by atoms with Crippen molar-refractivity contribution < 1.29 is 9.53 Å². The third kappa shape index (κ3) is 3.36. The Hall–Kier alpha value is -2.44. The zero-order valence-electron chi connectivity index (χ0n) is 14.5. The molecule has 0 aromatic carbocycles. The lowest BCUT2D eigenvalue weighted by Gasteiger charge is -2.24. The number of amides is 1. The maximum Gasteiger partial charge on any atom is 0.223 e. The van der Waals surface area contributed by atoms with Gasteiger partial charge < -0.3 is 9.64 Å². The van der Waals surface area contributed by atoms with Crippen molar-refractivity contribution in [2.75, 3.05) is 13.7 Å². The second-order valence-corrected chi connectivity index (χ2v) is 6.97. The Morgan fingerprint density at radius 3 is 2.84 bits per heavy atom. The molecule has 0 spiro atoms. The van der Waals surface area contributed by atoms with E-state index < -0.39 is 0 Å². The van der Waals surface area contributed by atoms with Crippen LogP contribution in [-0.4, -0.2) is 50.5 Å². The van der Waals surface area contributed by atoms with Gasteiger partial charge in [-0.1, -0.05) is 18.1 Å². The first-order valence-electron chi connectivity index (χ1n) is 8.93. The smallest absolute Gasteiger partial charge is 0.223 e. The van der Waals surface area contributed by atoms with E-state index in [-0.39, 0.29) is 0 Å². The summed E-state index contributed by atoms with van der Waals surface area (Å²) in [5.74, 6) is 1.20. The zero-order chi connectivity index (χ0) is 17.2. The molecule has 0 bridgehead atoms. The first-order chi connectivity index (χ1) is 12.2. The Morgan fingerprint density at radius 2 is 2.12 bits per heavy atom. The molecule has 2 aromatic heterocycles. The number of aromatic nitrogens is 4.